The smallest absolute Gasteiger partial charge is 0.262 e. The van der Waals surface area contributed by atoms with E-state index in [0.717, 1.165) is 11.3 Å². The standard InChI is InChI=1S/C22H17NO5/c1-14-5-2-3-7-18(14)23-21(24)13-27-16-8-9-17-19(11-16)28-20(22(17)25)12-15-6-4-10-26-15/h2-12H,13H2,1H3,(H,23,24). The molecule has 6 heteroatoms. The van der Waals surface area contributed by atoms with Gasteiger partial charge in [0.1, 0.15) is 17.3 Å². The van der Waals surface area contributed by atoms with Gasteiger partial charge in [0.15, 0.2) is 12.4 Å². The lowest BCUT2D eigenvalue weighted by Gasteiger charge is -2.10. The largest absolute Gasteiger partial charge is 0.484 e. The van der Waals surface area contributed by atoms with Crippen molar-refractivity contribution < 1.29 is 23.5 Å². The number of ketones is 1. The zero-order valence-electron chi connectivity index (χ0n) is 15.1. The van der Waals surface area contributed by atoms with Crippen LogP contribution in [0.4, 0.5) is 5.69 Å². The number of para-hydroxylation sites is 1. The Labute approximate surface area is 161 Å². The van der Waals surface area contributed by atoms with Gasteiger partial charge in [0.2, 0.25) is 5.78 Å². The molecule has 4 rings (SSSR count). The van der Waals surface area contributed by atoms with E-state index in [1.807, 2.05) is 31.2 Å². The van der Waals surface area contributed by atoms with Crippen molar-refractivity contribution in [2.75, 3.05) is 11.9 Å². The van der Waals surface area contributed by atoms with Crippen LogP contribution >= 0.6 is 0 Å². The van der Waals surface area contributed by atoms with Crippen molar-refractivity contribution in [2.45, 2.75) is 6.92 Å². The predicted octanol–water partition coefficient (Wildman–Crippen LogP) is 4.22. The normalized spacial score (nSPS) is 13.9. The summed E-state index contributed by atoms with van der Waals surface area (Å²) < 4.78 is 16.4. The molecule has 1 aromatic heterocycles. The molecule has 0 unspecified atom stereocenters. The minimum Gasteiger partial charge on any atom is -0.484 e. The second-order valence-electron chi connectivity index (χ2n) is 6.26. The molecule has 3 aromatic rings. The predicted molar refractivity (Wildman–Crippen MR) is 103 cm³/mol. The number of Topliss-reactive ketones (excluding diaryl/α,β-unsaturated/α-hetero) is 1. The molecule has 0 saturated heterocycles. The number of aryl methyl sites for hydroxylation is 1. The molecule has 0 saturated carbocycles. The highest BCUT2D eigenvalue weighted by atomic mass is 16.5. The van der Waals surface area contributed by atoms with Crippen LogP contribution in [0.15, 0.2) is 71.0 Å². The number of anilines is 1. The second kappa shape index (κ2) is 7.44. The van der Waals surface area contributed by atoms with E-state index >= 15 is 0 Å². The third-order valence-electron chi connectivity index (χ3n) is 4.25. The van der Waals surface area contributed by atoms with Crippen molar-refractivity contribution in [3.05, 3.63) is 83.5 Å². The Morgan fingerprint density at radius 3 is 2.79 bits per heavy atom. The maximum atomic E-state index is 12.4. The molecule has 2 heterocycles. The van der Waals surface area contributed by atoms with E-state index in [0.29, 0.717) is 22.8 Å². The monoisotopic (exact) mass is 375 g/mol. The van der Waals surface area contributed by atoms with Crippen LogP contribution in [-0.2, 0) is 4.79 Å². The van der Waals surface area contributed by atoms with Gasteiger partial charge in [-0.05, 0) is 42.8 Å². The molecule has 6 nitrogen and oxygen atoms in total. The molecule has 1 amide bonds. The van der Waals surface area contributed by atoms with Crippen molar-refractivity contribution in [3.63, 3.8) is 0 Å². The zero-order valence-corrected chi connectivity index (χ0v) is 15.1. The first kappa shape index (κ1) is 17.6. The number of allylic oxidation sites excluding steroid dienone is 1. The number of carbonyl (C=O) groups is 2. The number of hydrogen-bond donors (Lipinski definition) is 1. The summed E-state index contributed by atoms with van der Waals surface area (Å²) in [6, 6.07) is 15.8. The Kier molecular flexibility index (Phi) is 4.68. The van der Waals surface area contributed by atoms with Crippen molar-refractivity contribution >= 4 is 23.5 Å². The van der Waals surface area contributed by atoms with Crippen LogP contribution in [-0.4, -0.2) is 18.3 Å². The maximum absolute atomic E-state index is 12.4. The van der Waals surface area contributed by atoms with Gasteiger partial charge in [-0.25, -0.2) is 0 Å². The van der Waals surface area contributed by atoms with Gasteiger partial charge in [-0.3, -0.25) is 9.59 Å². The van der Waals surface area contributed by atoms with Crippen LogP contribution in [0.5, 0.6) is 11.5 Å². The SMILES string of the molecule is Cc1ccccc1NC(=O)COc1ccc2c(c1)OC(=Cc1ccco1)C2=O. The minimum atomic E-state index is -0.273. The Morgan fingerprint density at radius 2 is 2.00 bits per heavy atom. The number of hydrogen-bond acceptors (Lipinski definition) is 5. The number of furan rings is 1. The molecular weight excluding hydrogens is 358 g/mol. The molecule has 28 heavy (non-hydrogen) atoms. The van der Waals surface area contributed by atoms with E-state index < -0.39 is 0 Å². The lowest BCUT2D eigenvalue weighted by Crippen LogP contribution is -2.20. The zero-order chi connectivity index (χ0) is 19.5. The van der Waals surface area contributed by atoms with Crippen LogP contribution in [0.1, 0.15) is 21.7 Å². The Balaban J connectivity index is 1.41. The summed E-state index contributed by atoms with van der Waals surface area (Å²) in [5.74, 6) is 1.03. The van der Waals surface area contributed by atoms with Crippen molar-refractivity contribution in [1.29, 1.82) is 0 Å². The van der Waals surface area contributed by atoms with Gasteiger partial charge in [0.25, 0.3) is 5.91 Å². The van der Waals surface area contributed by atoms with Crippen LogP contribution in [0.25, 0.3) is 6.08 Å². The fourth-order valence-corrected chi connectivity index (χ4v) is 2.81. The van der Waals surface area contributed by atoms with Gasteiger partial charge in [0, 0.05) is 17.8 Å². The van der Waals surface area contributed by atoms with Gasteiger partial charge >= 0.3 is 0 Å². The van der Waals surface area contributed by atoms with Gasteiger partial charge in [-0.1, -0.05) is 18.2 Å². The number of rotatable bonds is 5. The summed E-state index contributed by atoms with van der Waals surface area (Å²) in [6.45, 7) is 1.76. The van der Waals surface area contributed by atoms with Gasteiger partial charge < -0.3 is 19.2 Å². The second-order valence-corrected chi connectivity index (χ2v) is 6.26. The molecule has 1 aliphatic rings. The van der Waals surface area contributed by atoms with E-state index in [9.17, 15) is 9.59 Å². The number of carbonyl (C=O) groups excluding carboxylic acids is 2. The lowest BCUT2D eigenvalue weighted by atomic mass is 10.1. The van der Waals surface area contributed by atoms with Gasteiger partial charge in [-0.15, -0.1) is 0 Å². The summed E-state index contributed by atoms with van der Waals surface area (Å²) in [6.07, 6.45) is 3.06. The number of fused-ring (bicyclic) bond motifs is 1. The van der Waals surface area contributed by atoms with E-state index in [-0.39, 0.29) is 24.1 Å². The minimum absolute atomic E-state index is 0.157. The first-order valence-electron chi connectivity index (χ1n) is 8.70. The summed E-state index contributed by atoms with van der Waals surface area (Å²) in [7, 11) is 0. The van der Waals surface area contributed by atoms with Crippen LogP contribution < -0.4 is 14.8 Å². The quantitative estimate of drug-likeness (QED) is 0.676. The summed E-state index contributed by atoms with van der Waals surface area (Å²) in [4.78, 5) is 24.5. The highest BCUT2D eigenvalue weighted by Gasteiger charge is 2.28. The topological polar surface area (TPSA) is 77.8 Å². The number of amides is 1. The summed E-state index contributed by atoms with van der Waals surface area (Å²) in [5, 5.41) is 2.80. The molecule has 1 aliphatic heterocycles. The van der Waals surface area contributed by atoms with Crippen molar-refractivity contribution in [1.82, 2.24) is 0 Å². The molecule has 0 bridgehead atoms. The number of benzene rings is 2. The number of nitrogens with one attached hydrogen (secondary N) is 1. The fraction of sp³-hybridized carbons (Fsp3) is 0.0909. The lowest BCUT2D eigenvalue weighted by molar-refractivity contribution is -0.118. The van der Waals surface area contributed by atoms with Crippen molar-refractivity contribution in [3.8, 4) is 11.5 Å². The number of ether oxygens (including phenoxy) is 2. The van der Waals surface area contributed by atoms with E-state index in [2.05, 4.69) is 5.32 Å². The van der Waals surface area contributed by atoms with E-state index in [1.54, 1.807) is 36.4 Å². The van der Waals surface area contributed by atoms with E-state index in [4.69, 9.17) is 13.9 Å². The molecule has 0 fully saturated rings. The average molecular weight is 375 g/mol. The van der Waals surface area contributed by atoms with Crippen LogP contribution in [0.3, 0.4) is 0 Å². The highest BCUT2D eigenvalue weighted by molar-refractivity contribution is 6.14. The molecule has 0 atom stereocenters. The summed E-state index contributed by atoms with van der Waals surface area (Å²) >= 11 is 0. The third kappa shape index (κ3) is 3.66. The Hall–Kier alpha value is -3.80. The van der Waals surface area contributed by atoms with Gasteiger partial charge in [0.05, 0.1) is 11.8 Å². The molecular formula is C22H17NO5. The fourth-order valence-electron chi connectivity index (χ4n) is 2.81. The summed E-state index contributed by atoms with van der Waals surface area (Å²) in [5.41, 5.74) is 2.15. The molecule has 140 valence electrons. The molecule has 0 spiro atoms. The highest BCUT2D eigenvalue weighted by Crippen LogP contribution is 2.34. The Morgan fingerprint density at radius 1 is 1.14 bits per heavy atom. The third-order valence-corrected chi connectivity index (χ3v) is 4.25. The molecule has 1 N–H and O–H groups in total. The molecule has 0 radical (unpaired) electrons. The first-order chi connectivity index (χ1) is 13.6. The van der Waals surface area contributed by atoms with E-state index in [1.165, 1.54) is 6.26 Å². The van der Waals surface area contributed by atoms with Crippen molar-refractivity contribution in [2.24, 2.45) is 0 Å². The maximum Gasteiger partial charge on any atom is 0.262 e. The van der Waals surface area contributed by atoms with Crippen LogP contribution in [0, 0.1) is 6.92 Å². The van der Waals surface area contributed by atoms with Gasteiger partial charge in [-0.2, -0.15) is 0 Å². The Bertz CT molecular complexity index is 1070. The van der Waals surface area contributed by atoms with Crippen LogP contribution in [0.2, 0.25) is 0 Å². The average Bonchev–Trinajstić information content (AvgIpc) is 3.30. The molecule has 2 aromatic carbocycles. The molecule has 0 aliphatic carbocycles. The first-order valence-corrected chi connectivity index (χ1v) is 8.70.